The Bertz CT molecular complexity index is 408. The van der Waals surface area contributed by atoms with Crippen molar-refractivity contribution < 1.29 is 9.84 Å². The van der Waals surface area contributed by atoms with Crippen LogP contribution >= 0.6 is 0 Å². The zero-order chi connectivity index (χ0) is 14.5. The lowest BCUT2D eigenvalue weighted by Gasteiger charge is -2.25. The molecule has 1 rings (SSSR count). The van der Waals surface area contributed by atoms with E-state index in [1.165, 1.54) is 0 Å². The van der Waals surface area contributed by atoms with Crippen molar-refractivity contribution in [3.05, 3.63) is 11.9 Å². The van der Waals surface area contributed by atoms with Crippen LogP contribution in [-0.4, -0.2) is 34.3 Å². The van der Waals surface area contributed by atoms with Crippen LogP contribution in [0.25, 0.3) is 0 Å². The second-order valence-corrected chi connectivity index (χ2v) is 5.48. The van der Waals surface area contributed by atoms with E-state index in [2.05, 4.69) is 29.1 Å². The fourth-order valence-electron chi connectivity index (χ4n) is 2.03. The van der Waals surface area contributed by atoms with Crippen molar-refractivity contribution in [3.63, 3.8) is 0 Å². The fraction of sp³-hybridized carbons (Fsp3) is 0.692. The molecule has 19 heavy (non-hydrogen) atoms. The molecule has 1 unspecified atom stereocenters. The fourth-order valence-corrected chi connectivity index (χ4v) is 2.03. The maximum atomic E-state index is 10.2. The van der Waals surface area contributed by atoms with Gasteiger partial charge in [0.05, 0.1) is 5.60 Å². The van der Waals surface area contributed by atoms with Crippen LogP contribution in [0.2, 0.25) is 0 Å². The number of methoxy groups -OCH3 is 1. The molecule has 0 radical (unpaired) electrons. The van der Waals surface area contributed by atoms with Gasteiger partial charge in [-0.05, 0) is 19.3 Å². The van der Waals surface area contributed by atoms with Crippen LogP contribution in [-0.2, 0) is 11.3 Å². The minimum absolute atomic E-state index is 0.308. The predicted octanol–water partition coefficient (Wildman–Crippen LogP) is 1.41. The van der Waals surface area contributed by atoms with Crippen LogP contribution in [0, 0.1) is 5.92 Å². The zero-order valence-corrected chi connectivity index (χ0v) is 12.1. The molecule has 1 atom stereocenters. The van der Waals surface area contributed by atoms with Gasteiger partial charge in [-0.25, -0.2) is 9.97 Å². The Balaban J connectivity index is 2.66. The van der Waals surface area contributed by atoms with Gasteiger partial charge in [-0.15, -0.1) is 0 Å². The van der Waals surface area contributed by atoms with Crippen molar-refractivity contribution in [2.45, 2.75) is 39.4 Å². The first-order valence-corrected chi connectivity index (χ1v) is 6.41. The van der Waals surface area contributed by atoms with E-state index in [9.17, 15) is 5.11 Å². The summed E-state index contributed by atoms with van der Waals surface area (Å²) < 4.78 is 4.98. The summed E-state index contributed by atoms with van der Waals surface area (Å²) in [6, 6.07) is 1.64. The van der Waals surface area contributed by atoms with Crippen LogP contribution in [0.3, 0.4) is 0 Å². The predicted molar refractivity (Wildman–Crippen MR) is 75.7 cm³/mol. The molecule has 6 heteroatoms. The molecule has 0 aliphatic carbocycles. The molecule has 0 aromatic carbocycles. The third kappa shape index (κ3) is 5.85. The Labute approximate surface area is 114 Å². The summed E-state index contributed by atoms with van der Waals surface area (Å²) >= 11 is 0. The van der Waals surface area contributed by atoms with E-state index in [1.807, 2.05) is 0 Å². The summed E-state index contributed by atoms with van der Waals surface area (Å²) in [6.07, 6.45) is 0.714. The number of hydrogen-bond acceptors (Lipinski definition) is 6. The SMILES string of the molecule is COCc1nc(N)cc(NCC(C)(O)CC(C)C)n1. The molecule has 1 aromatic heterocycles. The lowest BCUT2D eigenvalue weighted by Crippen LogP contribution is -2.35. The number of anilines is 2. The van der Waals surface area contributed by atoms with Gasteiger partial charge in [0, 0.05) is 19.7 Å². The summed E-state index contributed by atoms with van der Waals surface area (Å²) in [5.74, 6) is 1.93. The van der Waals surface area contributed by atoms with Gasteiger partial charge in [0.2, 0.25) is 0 Å². The summed E-state index contributed by atoms with van der Waals surface area (Å²) in [6.45, 7) is 6.68. The summed E-state index contributed by atoms with van der Waals surface area (Å²) in [5.41, 5.74) is 4.92. The Morgan fingerprint density at radius 2 is 2.16 bits per heavy atom. The third-order valence-corrected chi connectivity index (χ3v) is 2.56. The zero-order valence-electron chi connectivity index (χ0n) is 12.1. The van der Waals surface area contributed by atoms with Crippen LogP contribution in [0.15, 0.2) is 6.07 Å². The van der Waals surface area contributed by atoms with Gasteiger partial charge in [-0.3, -0.25) is 0 Å². The van der Waals surface area contributed by atoms with Gasteiger partial charge >= 0.3 is 0 Å². The number of aromatic nitrogens is 2. The smallest absolute Gasteiger partial charge is 0.158 e. The van der Waals surface area contributed by atoms with Gasteiger partial charge in [0.25, 0.3) is 0 Å². The number of nitrogen functional groups attached to an aromatic ring is 1. The van der Waals surface area contributed by atoms with Gasteiger partial charge in [0.15, 0.2) is 5.82 Å². The third-order valence-electron chi connectivity index (χ3n) is 2.56. The molecular weight excluding hydrogens is 244 g/mol. The molecule has 0 fully saturated rings. The average molecular weight is 268 g/mol. The maximum absolute atomic E-state index is 10.2. The highest BCUT2D eigenvalue weighted by atomic mass is 16.5. The van der Waals surface area contributed by atoms with Gasteiger partial charge in [-0.2, -0.15) is 0 Å². The summed E-state index contributed by atoms with van der Waals surface area (Å²) in [7, 11) is 1.58. The van der Waals surface area contributed by atoms with Gasteiger partial charge in [-0.1, -0.05) is 13.8 Å². The number of nitrogens with zero attached hydrogens (tertiary/aromatic N) is 2. The minimum atomic E-state index is -0.782. The highest BCUT2D eigenvalue weighted by Gasteiger charge is 2.21. The van der Waals surface area contributed by atoms with Crippen LogP contribution in [0.5, 0.6) is 0 Å². The van der Waals surface area contributed by atoms with Gasteiger partial charge in [0.1, 0.15) is 18.2 Å². The Morgan fingerprint density at radius 1 is 1.47 bits per heavy atom. The standard InChI is InChI=1S/C13H24N4O2/c1-9(2)6-13(3,18)8-15-11-5-10(14)16-12(17-11)7-19-4/h5,9,18H,6-8H2,1-4H3,(H3,14,15,16,17). The Morgan fingerprint density at radius 3 is 2.74 bits per heavy atom. The molecule has 4 N–H and O–H groups in total. The van der Waals surface area contributed by atoms with E-state index in [0.717, 1.165) is 0 Å². The first-order valence-electron chi connectivity index (χ1n) is 6.41. The molecule has 6 nitrogen and oxygen atoms in total. The van der Waals surface area contributed by atoms with E-state index >= 15 is 0 Å². The monoisotopic (exact) mass is 268 g/mol. The second-order valence-electron chi connectivity index (χ2n) is 5.48. The van der Waals surface area contributed by atoms with Crippen molar-refractivity contribution in [1.82, 2.24) is 9.97 Å². The molecular formula is C13H24N4O2. The number of rotatable bonds is 7. The molecule has 108 valence electrons. The normalized spacial score (nSPS) is 14.4. The summed E-state index contributed by atoms with van der Waals surface area (Å²) in [5, 5.41) is 13.3. The first-order chi connectivity index (χ1) is 8.82. The van der Waals surface area contributed by atoms with E-state index in [1.54, 1.807) is 20.1 Å². The number of hydrogen-bond donors (Lipinski definition) is 3. The molecule has 0 spiro atoms. The molecule has 1 aromatic rings. The molecule has 1 heterocycles. The topological polar surface area (TPSA) is 93.3 Å². The first kappa shape index (κ1) is 15.7. The Kier molecular flexibility index (Phi) is 5.50. The number of ether oxygens (including phenoxy) is 1. The van der Waals surface area contributed by atoms with Crippen molar-refractivity contribution in [1.29, 1.82) is 0 Å². The highest BCUT2D eigenvalue weighted by Crippen LogP contribution is 2.17. The van der Waals surface area contributed by atoms with E-state index in [-0.39, 0.29) is 0 Å². The average Bonchev–Trinajstić information content (AvgIpc) is 2.24. The molecule has 0 aliphatic rings. The lowest BCUT2D eigenvalue weighted by molar-refractivity contribution is 0.0514. The molecule has 0 amide bonds. The van der Waals surface area contributed by atoms with Gasteiger partial charge < -0.3 is 20.9 Å². The quantitative estimate of drug-likeness (QED) is 0.692. The van der Waals surface area contributed by atoms with E-state index < -0.39 is 5.60 Å². The number of aliphatic hydroxyl groups is 1. The molecule has 0 aliphatic heterocycles. The largest absolute Gasteiger partial charge is 0.388 e. The van der Waals surface area contributed by atoms with Crippen LogP contribution < -0.4 is 11.1 Å². The van der Waals surface area contributed by atoms with Crippen molar-refractivity contribution in [2.75, 3.05) is 24.7 Å². The second kappa shape index (κ2) is 6.68. The Hall–Kier alpha value is -1.40. The van der Waals surface area contributed by atoms with Crippen molar-refractivity contribution in [2.24, 2.45) is 5.92 Å². The van der Waals surface area contributed by atoms with E-state index in [4.69, 9.17) is 10.5 Å². The van der Waals surface area contributed by atoms with Crippen molar-refractivity contribution >= 4 is 11.6 Å². The van der Waals surface area contributed by atoms with E-state index in [0.29, 0.717) is 43.0 Å². The summed E-state index contributed by atoms with van der Waals surface area (Å²) in [4.78, 5) is 8.32. The molecule has 0 saturated heterocycles. The highest BCUT2D eigenvalue weighted by molar-refractivity contribution is 5.44. The maximum Gasteiger partial charge on any atom is 0.158 e. The molecule has 0 bridgehead atoms. The number of nitrogens with one attached hydrogen (secondary N) is 1. The number of nitrogens with two attached hydrogens (primary N) is 1. The lowest BCUT2D eigenvalue weighted by atomic mass is 9.94. The van der Waals surface area contributed by atoms with Crippen LogP contribution in [0.4, 0.5) is 11.6 Å². The minimum Gasteiger partial charge on any atom is -0.388 e. The molecule has 0 saturated carbocycles. The van der Waals surface area contributed by atoms with Crippen LogP contribution in [0.1, 0.15) is 33.0 Å². The van der Waals surface area contributed by atoms with Crippen molar-refractivity contribution in [3.8, 4) is 0 Å².